The first-order chi connectivity index (χ1) is 52.0. The Kier molecular flexibility index (Phi) is 19.1. The number of amides is 9. The Morgan fingerprint density at radius 1 is 0.412 bits per heavy atom. The van der Waals surface area contributed by atoms with Crippen molar-refractivity contribution in [3.63, 3.8) is 0 Å². The highest BCUT2D eigenvalue weighted by atomic mass is 16.5. The van der Waals surface area contributed by atoms with E-state index in [1.807, 2.05) is 0 Å². The lowest BCUT2D eigenvalue weighted by atomic mass is 10.0. The number of rotatable bonds is 18. The van der Waals surface area contributed by atoms with Gasteiger partial charge >= 0.3 is 0 Å². The van der Waals surface area contributed by atoms with Gasteiger partial charge in [-0.05, 0) is 108 Å². The van der Waals surface area contributed by atoms with Gasteiger partial charge in [0.1, 0.15) is 74.9 Å². The van der Waals surface area contributed by atoms with Crippen LogP contribution in [0.4, 0.5) is 0 Å². The summed E-state index contributed by atoms with van der Waals surface area (Å²) in [5.74, 6) is -0.638. The first-order valence-electron chi connectivity index (χ1n) is 37.1. The minimum atomic E-state index is -1.19. The van der Waals surface area contributed by atoms with Crippen LogP contribution in [0, 0.1) is 0 Å². The molecule has 9 amide bonds. The second-order valence-electron chi connectivity index (χ2n) is 25.8. The van der Waals surface area contributed by atoms with Gasteiger partial charge in [0.05, 0.1) is 47.7 Å². The molecule has 0 radical (unpaired) electrons. The summed E-state index contributed by atoms with van der Waals surface area (Å²) in [5.41, 5.74) is 8.81. The van der Waals surface area contributed by atoms with Crippen molar-refractivity contribution in [3.8, 4) is 17.2 Å². The van der Waals surface area contributed by atoms with E-state index >= 15 is 0 Å². The molecule has 7 atom stereocenters. The lowest BCUT2D eigenvalue weighted by Crippen LogP contribution is -2.49. The van der Waals surface area contributed by atoms with E-state index in [1.165, 1.54) is 9.80 Å². The summed E-state index contributed by atoms with van der Waals surface area (Å²) >= 11 is 0. The minimum absolute atomic E-state index is 0.0157. The van der Waals surface area contributed by atoms with Crippen LogP contribution in [0.15, 0.2) is 164 Å². The minimum Gasteiger partial charge on any atom is -0.489 e. The van der Waals surface area contributed by atoms with E-state index in [0.717, 1.165) is 5.56 Å². The molecule has 0 aliphatic carbocycles. The van der Waals surface area contributed by atoms with Gasteiger partial charge in [-0.2, -0.15) is 0 Å². The molecule has 24 nitrogen and oxygen atoms in total. The molecule has 0 aromatic heterocycles. The zero-order valence-corrected chi connectivity index (χ0v) is 56.1. The second-order valence-corrected chi connectivity index (χ2v) is 25.8. The average Bonchev–Trinajstić information content (AvgIpc) is 1.63. The first-order valence-corrected chi connectivity index (χ1v) is 33.8. The molecule has 0 saturated carbocycles. The van der Waals surface area contributed by atoms with E-state index < -0.39 is 44.4 Å². The standard InChI is InChI=1S/3C26H27N3O5/c3*1-17-5-10-22(25(31)27-17)29-14-21-20(26(29)32)3-2-4-23(21)34-15-19-8-6-18(7-9-19)13-28-11-12-33-16-24(28)30/h3*2-4,6-9,22H,1,5,10-16H2,(H,27,31)/i13D,15D;8D,15D;6D,15D. The van der Waals surface area contributed by atoms with Gasteiger partial charge in [-0.25, -0.2) is 0 Å². The van der Waals surface area contributed by atoms with Crippen LogP contribution in [0.1, 0.15) is 128 Å². The number of benzene rings is 6. The number of fused-ring (bicyclic) bond motifs is 3. The van der Waals surface area contributed by atoms with Crippen molar-refractivity contribution < 1.29 is 79.8 Å². The van der Waals surface area contributed by atoms with Gasteiger partial charge in [0.2, 0.25) is 35.4 Å². The number of ether oxygens (including phenoxy) is 6. The van der Waals surface area contributed by atoms with Gasteiger partial charge in [0.25, 0.3) is 17.7 Å². The van der Waals surface area contributed by atoms with E-state index in [1.54, 1.807) is 135 Å². The van der Waals surface area contributed by atoms with Crippen molar-refractivity contribution in [2.45, 2.75) is 116 Å². The Bertz CT molecular complexity index is 4620. The van der Waals surface area contributed by atoms with Crippen LogP contribution in [0.3, 0.4) is 0 Å². The van der Waals surface area contributed by atoms with Crippen LogP contribution < -0.4 is 30.2 Å². The second kappa shape index (κ2) is 31.3. The average molecular weight is 1390 g/mol. The van der Waals surface area contributed by atoms with Crippen LogP contribution in [0.25, 0.3) is 0 Å². The molecule has 6 fully saturated rings. The normalized spacial score (nSPS) is 22.5. The number of morpholine rings is 3. The summed E-state index contributed by atoms with van der Waals surface area (Å²) in [6.45, 7) is 11.3. The van der Waals surface area contributed by atoms with Gasteiger partial charge < -0.3 is 73.8 Å². The van der Waals surface area contributed by atoms with Gasteiger partial charge in [0.15, 0.2) is 0 Å². The number of piperidine rings is 3. The van der Waals surface area contributed by atoms with Crippen molar-refractivity contribution in [1.82, 2.24) is 45.3 Å². The van der Waals surface area contributed by atoms with Crippen molar-refractivity contribution in [3.05, 3.63) is 231 Å². The molecule has 9 heterocycles. The number of hydrogen-bond donors (Lipinski definition) is 3. The molecule has 0 bridgehead atoms. The fraction of sp³-hybridized carbons (Fsp3) is 0.346. The van der Waals surface area contributed by atoms with E-state index in [-0.39, 0.29) is 105 Å². The molecule has 528 valence electrons. The van der Waals surface area contributed by atoms with Gasteiger partial charge in [-0.1, -0.05) is 111 Å². The molecule has 6 saturated heterocycles. The monoisotopic (exact) mass is 1390 g/mol. The highest BCUT2D eigenvalue weighted by molar-refractivity contribution is 6.04. The molecule has 7 unspecified atom stereocenters. The predicted octanol–water partition coefficient (Wildman–Crippen LogP) is 7.12. The lowest BCUT2D eigenvalue weighted by Gasteiger charge is -2.31. The number of allylic oxidation sites excluding steroid dienone is 3. The smallest absolute Gasteiger partial charge is 0.255 e. The largest absolute Gasteiger partial charge is 0.489 e. The highest BCUT2D eigenvalue weighted by Gasteiger charge is 2.43. The van der Waals surface area contributed by atoms with Crippen molar-refractivity contribution in [1.29, 1.82) is 0 Å². The Hall–Kier alpha value is -11.0. The molecule has 6 aromatic rings. The van der Waals surface area contributed by atoms with Gasteiger partial charge in [-0.15, -0.1) is 0 Å². The fourth-order valence-electron chi connectivity index (χ4n) is 13.3. The summed E-state index contributed by atoms with van der Waals surface area (Å²) in [5, 5.41) is 8.18. The number of carbonyl (C=O) groups is 9. The van der Waals surface area contributed by atoms with E-state index in [4.69, 9.17) is 36.6 Å². The Morgan fingerprint density at radius 2 is 0.745 bits per heavy atom. The summed E-state index contributed by atoms with van der Waals surface area (Å²) in [6, 6.07) is 30.9. The highest BCUT2D eigenvalue weighted by Crippen LogP contribution is 2.38. The molecule has 24 heteroatoms. The third kappa shape index (κ3) is 15.9. The van der Waals surface area contributed by atoms with Crippen LogP contribution >= 0.6 is 0 Å². The number of nitrogens with zero attached hydrogens (tertiary/aromatic N) is 6. The van der Waals surface area contributed by atoms with Crippen LogP contribution in [-0.2, 0) is 102 Å². The Morgan fingerprint density at radius 3 is 1.14 bits per heavy atom. The molecular formula is C78H81N9O15. The molecule has 9 aliphatic heterocycles. The summed E-state index contributed by atoms with van der Waals surface area (Å²) in [4.78, 5) is 122. The van der Waals surface area contributed by atoms with E-state index in [0.29, 0.717) is 187 Å². The topological polar surface area (TPSA) is 265 Å². The lowest BCUT2D eigenvalue weighted by molar-refractivity contribution is -0.144. The number of nitrogens with one attached hydrogen (secondary N) is 3. The van der Waals surface area contributed by atoms with Crippen molar-refractivity contribution in [2.75, 3.05) is 59.3 Å². The number of hydrogen-bond acceptors (Lipinski definition) is 15. The number of carbonyl (C=O) groups excluding carboxylic acids is 9. The SMILES string of the molecule is [2H]C(Oc1cccc2c1CN(C1CCC(=C)NC1=O)C2=O)c1ccc(C([2H])N2CCOCC2=O)cc1.[2H]c1cc(C([2H])Oc2cccc3c2CN(C2CCC(=C)NC2=O)C3=O)ccc1CN1CCOCC1=O.[2H]c1cc(CN2CCOCC2=O)ccc1C([2H])Oc1cccc2c1CN(C1CCC(=C)NC1=O)C2=O. The fourth-order valence-corrected chi connectivity index (χ4v) is 13.3. The molecular weight excluding hydrogens is 1300 g/mol. The summed E-state index contributed by atoms with van der Waals surface area (Å²) in [6.07, 6.45) is 3.36. The zero-order chi connectivity index (χ0) is 76.2. The third-order valence-corrected chi connectivity index (χ3v) is 18.9. The molecule has 0 spiro atoms. The summed E-state index contributed by atoms with van der Waals surface area (Å²) < 4.78 is 84.2. The van der Waals surface area contributed by atoms with Crippen molar-refractivity contribution >= 4 is 53.2 Å². The van der Waals surface area contributed by atoms with Crippen LogP contribution in [0.5, 0.6) is 17.2 Å². The molecule has 3 N–H and O–H groups in total. The molecule has 102 heavy (non-hydrogen) atoms. The van der Waals surface area contributed by atoms with Gasteiger partial charge in [-0.3, -0.25) is 43.2 Å². The van der Waals surface area contributed by atoms with Crippen LogP contribution in [0.2, 0.25) is 0 Å². The molecule has 15 rings (SSSR count). The zero-order valence-electron chi connectivity index (χ0n) is 62.1. The molecule has 9 aliphatic rings. The maximum atomic E-state index is 13.1. The maximum absolute atomic E-state index is 13.1. The van der Waals surface area contributed by atoms with E-state index in [9.17, 15) is 43.2 Å². The van der Waals surface area contributed by atoms with Gasteiger partial charge in [0, 0.05) is 89.7 Å². The quantitative estimate of drug-likeness (QED) is 0.0774. The molecule has 6 aromatic carbocycles. The summed E-state index contributed by atoms with van der Waals surface area (Å²) in [7, 11) is 0. The van der Waals surface area contributed by atoms with E-state index in [2.05, 4.69) is 35.7 Å². The first kappa shape index (κ1) is 62.1. The Balaban J connectivity index is 0.000000143. The van der Waals surface area contributed by atoms with Crippen molar-refractivity contribution in [2.24, 2.45) is 0 Å². The maximum Gasteiger partial charge on any atom is 0.255 e. The third-order valence-electron chi connectivity index (χ3n) is 18.9. The Labute approximate surface area is 599 Å². The predicted molar refractivity (Wildman–Crippen MR) is 371 cm³/mol. The van der Waals surface area contributed by atoms with Crippen LogP contribution in [-0.4, -0.2) is 160 Å².